The van der Waals surface area contributed by atoms with Crippen molar-refractivity contribution in [3.05, 3.63) is 83.6 Å². The van der Waals surface area contributed by atoms with Gasteiger partial charge in [-0.2, -0.15) is 0 Å². The second-order valence-electron chi connectivity index (χ2n) is 11.1. The Hall–Kier alpha value is -4.47. The summed E-state index contributed by atoms with van der Waals surface area (Å²) in [5.41, 5.74) is 4.80. The van der Waals surface area contributed by atoms with E-state index in [2.05, 4.69) is 68.6 Å². The molecule has 10 nitrogen and oxygen atoms in total. The number of benzene rings is 1. The summed E-state index contributed by atoms with van der Waals surface area (Å²) >= 11 is 0. The Balaban J connectivity index is 1.12. The second-order valence-corrected chi connectivity index (χ2v) is 11.1. The predicted molar refractivity (Wildman–Crippen MR) is 152 cm³/mol. The SMILES string of the molecule is Cc1cc(N2CC[C@](C)(c3ccccc3)C2)cn2nc(C(=O)NC3CCN(c4cccnc4C(=O)O)CC3)nc12. The van der Waals surface area contributed by atoms with Crippen molar-refractivity contribution in [1.82, 2.24) is 24.9 Å². The van der Waals surface area contributed by atoms with Crippen molar-refractivity contribution in [2.75, 3.05) is 36.0 Å². The molecule has 2 saturated heterocycles. The van der Waals surface area contributed by atoms with Gasteiger partial charge in [0.1, 0.15) is 0 Å². The van der Waals surface area contributed by atoms with Crippen LogP contribution in [0.25, 0.3) is 5.65 Å². The molecule has 0 bridgehead atoms. The molecule has 0 saturated carbocycles. The zero-order valence-electron chi connectivity index (χ0n) is 22.7. The van der Waals surface area contributed by atoms with Crippen LogP contribution in [0.3, 0.4) is 0 Å². The molecule has 0 unspecified atom stereocenters. The van der Waals surface area contributed by atoms with Crippen molar-refractivity contribution in [2.24, 2.45) is 0 Å². The predicted octanol–water partition coefficient (Wildman–Crippen LogP) is 3.70. The molecule has 0 spiro atoms. The zero-order valence-corrected chi connectivity index (χ0v) is 22.7. The molecule has 2 aliphatic rings. The van der Waals surface area contributed by atoms with Crippen LogP contribution in [0.1, 0.15) is 58.4 Å². The van der Waals surface area contributed by atoms with E-state index in [1.54, 1.807) is 16.6 Å². The van der Waals surface area contributed by atoms with Crippen LogP contribution >= 0.6 is 0 Å². The number of fused-ring (bicyclic) bond motifs is 1. The number of pyridine rings is 2. The Morgan fingerprint density at radius 3 is 2.58 bits per heavy atom. The van der Waals surface area contributed by atoms with Crippen LogP contribution in [-0.2, 0) is 5.41 Å². The van der Waals surface area contributed by atoms with Gasteiger partial charge < -0.3 is 20.2 Å². The maximum atomic E-state index is 13.1. The van der Waals surface area contributed by atoms with Crippen LogP contribution in [0.15, 0.2) is 60.9 Å². The molecule has 1 amide bonds. The first-order chi connectivity index (χ1) is 19.3. The van der Waals surface area contributed by atoms with E-state index >= 15 is 0 Å². The first-order valence-electron chi connectivity index (χ1n) is 13.7. The molecular formula is C30H33N7O3. The highest BCUT2D eigenvalue weighted by atomic mass is 16.4. The maximum Gasteiger partial charge on any atom is 0.356 e. The van der Waals surface area contributed by atoms with Gasteiger partial charge in [-0.15, -0.1) is 5.10 Å². The minimum atomic E-state index is -1.04. The van der Waals surface area contributed by atoms with E-state index < -0.39 is 5.97 Å². The molecular weight excluding hydrogens is 506 g/mol. The van der Waals surface area contributed by atoms with Crippen molar-refractivity contribution < 1.29 is 14.7 Å². The van der Waals surface area contributed by atoms with Crippen molar-refractivity contribution in [2.45, 2.75) is 44.6 Å². The molecule has 2 N–H and O–H groups in total. The summed E-state index contributed by atoms with van der Waals surface area (Å²) in [5.74, 6) is -1.19. The number of rotatable bonds is 6. The summed E-state index contributed by atoms with van der Waals surface area (Å²) in [5, 5.41) is 17.1. The molecule has 3 aromatic heterocycles. The monoisotopic (exact) mass is 539 g/mol. The lowest BCUT2D eigenvalue weighted by Gasteiger charge is -2.34. The van der Waals surface area contributed by atoms with Gasteiger partial charge in [-0.1, -0.05) is 37.3 Å². The summed E-state index contributed by atoms with van der Waals surface area (Å²) in [6.45, 7) is 7.42. The number of nitrogens with one attached hydrogen (secondary N) is 1. The van der Waals surface area contributed by atoms with E-state index in [1.165, 1.54) is 11.8 Å². The number of aromatic nitrogens is 4. The van der Waals surface area contributed by atoms with E-state index in [0.29, 0.717) is 37.3 Å². The minimum absolute atomic E-state index is 0.0442. The molecule has 206 valence electrons. The number of hydrogen-bond acceptors (Lipinski definition) is 7. The Bertz CT molecular complexity index is 1560. The summed E-state index contributed by atoms with van der Waals surface area (Å²) in [7, 11) is 0. The highest BCUT2D eigenvalue weighted by Gasteiger charge is 2.35. The number of carbonyl (C=O) groups excluding carboxylic acids is 1. The number of carboxylic acid groups (broad SMARTS) is 1. The summed E-state index contributed by atoms with van der Waals surface area (Å²) in [4.78, 5) is 37.6. The first-order valence-corrected chi connectivity index (χ1v) is 13.7. The van der Waals surface area contributed by atoms with Gasteiger partial charge in [-0.25, -0.2) is 19.3 Å². The molecule has 1 atom stereocenters. The number of aryl methyl sites for hydroxylation is 1. The zero-order chi connectivity index (χ0) is 27.9. The van der Waals surface area contributed by atoms with Crippen LogP contribution in [0.5, 0.6) is 0 Å². The first kappa shape index (κ1) is 25.8. The molecule has 1 aromatic carbocycles. The topological polar surface area (TPSA) is 116 Å². The van der Waals surface area contributed by atoms with Crippen molar-refractivity contribution in [3.8, 4) is 0 Å². The van der Waals surface area contributed by atoms with Crippen LogP contribution in [-0.4, -0.2) is 68.8 Å². The highest BCUT2D eigenvalue weighted by molar-refractivity contribution is 5.92. The van der Waals surface area contributed by atoms with Gasteiger partial charge in [0.25, 0.3) is 5.91 Å². The largest absolute Gasteiger partial charge is 0.476 e. The molecule has 0 aliphatic carbocycles. The highest BCUT2D eigenvalue weighted by Crippen LogP contribution is 2.36. The number of hydrogen-bond donors (Lipinski definition) is 2. The summed E-state index contributed by atoms with van der Waals surface area (Å²) < 4.78 is 1.72. The van der Waals surface area contributed by atoms with E-state index in [-0.39, 0.29) is 28.9 Å². The molecule has 10 heteroatoms. The number of carboxylic acids is 1. The molecule has 5 heterocycles. The third kappa shape index (κ3) is 4.85. The van der Waals surface area contributed by atoms with E-state index in [1.807, 2.05) is 18.0 Å². The standard InChI is InChI=1S/C30H33N7O3/c1-20-17-23(36-16-12-30(2,19-36)21-7-4-3-5-8-21)18-37-27(20)33-26(34-37)28(38)32-22-10-14-35(15-11-22)24-9-6-13-31-25(24)29(39)40/h3-9,13,17-18,22H,10-12,14-16,19H2,1-2H3,(H,32,38)(H,39,40)/t30-/m0/s1. The fourth-order valence-electron chi connectivity index (χ4n) is 5.99. The second kappa shape index (κ2) is 10.3. The van der Waals surface area contributed by atoms with Gasteiger partial charge in [-0.05, 0) is 55.5 Å². The number of piperidine rings is 1. The van der Waals surface area contributed by atoms with Crippen LogP contribution in [0, 0.1) is 6.92 Å². The number of carbonyl (C=O) groups is 2. The van der Waals surface area contributed by atoms with Crippen molar-refractivity contribution >= 4 is 28.9 Å². The fourth-order valence-corrected chi connectivity index (χ4v) is 5.99. The average Bonchev–Trinajstić information content (AvgIpc) is 3.59. The van der Waals surface area contributed by atoms with Gasteiger partial charge >= 0.3 is 5.97 Å². The average molecular weight is 540 g/mol. The molecule has 40 heavy (non-hydrogen) atoms. The third-order valence-corrected chi connectivity index (χ3v) is 8.28. The number of amides is 1. The van der Waals surface area contributed by atoms with E-state index in [9.17, 15) is 14.7 Å². The normalized spacial score (nSPS) is 19.8. The third-order valence-electron chi connectivity index (χ3n) is 8.28. The molecule has 2 aliphatic heterocycles. The van der Waals surface area contributed by atoms with Crippen molar-refractivity contribution in [1.29, 1.82) is 0 Å². The molecule has 2 fully saturated rings. The fraction of sp³-hybridized carbons (Fsp3) is 0.367. The minimum Gasteiger partial charge on any atom is -0.476 e. The lowest BCUT2D eigenvalue weighted by atomic mass is 9.82. The number of aromatic carboxylic acids is 1. The lowest BCUT2D eigenvalue weighted by molar-refractivity contribution is 0.0691. The van der Waals surface area contributed by atoms with Crippen molar-refractivity contribution in [3.63, 3.8) is 0 Å². The molecule has 6 rings (SSSR count). The van der Waals surface area contributed by atoms with E-state index in [0.717, 1.165) is 30.8 Å². The number of anilines is 2. The Morgan fingerprint density at radius 1 is 1.05 bits per heavy atom. The van der Waals surface area contributed by atoms with Gasteiger partial charge in [0, 0.05) is 43.8 Å². The van der Waals surface area contributed by atoms with Crippen LogP contribution in [0.4, 0.5) is 11.4 Å². The Labute approximate surface area is 232 Å². The molecule has 4 aromatic rings. The van der Waals surface area contributed by atoms with Gasteiger partial charge in [0.2, 0.25) is 5.82 Å². The Morgan fingerprint density at radius 2 is 1.82 bits per heavy atom. The van der Waals surface area contributed by atoms with E-state index in [4.69, 9.17) is 0 Å². The molecule has 0 radical (unpaired) electrons. The smallest absolute Gasteiger partial charge is 0.356 e. The lowest BCUT2D eigenvalue weighted by Crippen LogP contribution is -2.45. The van der Waals surface area contributed by atoms with Gasteiger partial charge in [-0.3, -0.25) is 4.79 Å². The van der Waals surface area contributed by atoms with Gasteiger partial charge in [0.15, 0.2) is 11.3 Å². The number of nitrogens with zero attached hydrogens (tertiary/aromatic N) is 6. The van der Waals surface area contributed by atoms with Crippen LogP contribution in [0.2, 0.25) is 0 Å². The quantitative estimate of drug-likeness (QED) is 0.381. The van der Waals surface area contributed by atoms with Gasteiger partial charge in [0.05, 0.1) is 17.6 Å². The van der Waals surface area contributed by atoms with Crippen LogP contribution < -0.4 is 15.1 Å². The Kier molecular flexibility index (Phi) is 6.61. The summed E-state index contributed by atoms with van der Waals surface area (Å²) in [6.07, 6.45) is 5.89. The summed E-state index contributed by atoms with van der Waals surface area (Å²) in [6, 6.07) is 16.3. The maximum absolute atomic E-state index is 13.1.